The Morgan fingerprint density at radius 1 is 1.06 bits per heavy atom. The second-order valence-corrected chi connectivity index (χ2v) is 8.09. The van der Waals surface area contributed by atoms with Gasteiger partial charge in [0.25, 0.3) is 0 Å². The van der Waals surface area contributed by atoms with Crippen molar-refractivity contribution in [2.24, 2.45) is 11.8 Å². The van der Waals surface area contributed by atoms with Gasteiger partial charge in [-0.25, -0.2) is 4.79 Å². The monoisotopic (exact) mass is 476 g/mol. The highest BCUT2D eigenvalue weighted by Gasteiger charge is 2.61. The number of halogens is 3. The second-order valence-electron chi connectivity index (χ2n) is 8.09. The van der Waals surface area contributed by atoms with Gasteiger partial charge in [-0.15, -0.1) is 0 Å². The van der Waals surface area contributed by atoms with Gasteiger partial charge in [0.15, 0.2) is 0 Å². The molecule has 8 nitrogen and oxygen atoms in total. The molecule has 0 bridgehead atoms. The molecule has 2 fully saturated rings. The Morgan fingerprint density at radius 2 is 1.71 bits per heavy atom. The predicted molar refractivity (Wildman–Crippen MR) is 109 cm³/mol. The summed E-state index contributed by atoms with van der Waals surface area (Å²) in [6.07, 6.45) is -4.63. The summed E-state index contributed by atoms with van der Waals surface area (Å²) in [5.74, 6) is -5.78. The van der Waals surface area contributed by atoms with Crippen LogP contribution in [0.5, 0.6) is 0 Å². The SMILES string of the molecule is COC(=O)c1ccc(CN2C(=O)C3C(C(=O)O)NC(c4cccc(C(F)(F)F)c4)C3C2=O)cc1. The van der Waals surface area contributed by atoms with Crippen molar-refractivity contribution in [1.82, 2.24) is 10.2 Å². The minimum absolute atomic E-state index is 0.0685. The molecule has 4 rings (SSSR count). The second kappa shape index (κ2) is 8.56. The van der Waals surface area contributed by atoms with Crippen LogP contribution in [0.1, 0.15) is 33.1 Å². The molecule has 2 amide bonds. The van der Waals surface area contributed by atoms with Gasteiger partial charge in [-0.2, -0.15) is 13.2 Å². The molecule has 4 unspecified atom stereocenters. The van der Waals surface area contributed by atoms with E-state index >= 15 is 0 Å². The van der Waals surface area contributed by atoms with Crippen LogP contribution in [0.4, 0.5) is 13.2 Å². The first kappa shape index (κ1) is 23.4. The summed E-state index contributed by atoms with van der Waals surface area (Å²) < 4.78 is 44.2. The molecular formula is C23H19F3N2O6. The fraction of sp³-hybridized carbons (Fsp3) is 0.304. The van der Waals surface area contributed by atoms with Crippen molar-refractivity contribution in [3.63, 3.8) is 0 Å². The Kier molecular flexibility index (Phi) is 5.90. The zero-order chi connectivity index (χ0) is 24.8. The van der Waals surface area contributed by atoms with E-state index in [1.165, 1.54) is 43.5 Å². The highest BCUT2D eigenvalue weighted by molar-refractivity contribution is 6.08. The number of rotatable bonds is 5. The molecule has 2 aromatic rings. The molecule has 2 aliphatic heterocycles. The van der Waals surface area contributed by atoms with E-state index in [1.807, 2.05) is 0 Å². The molecule has 0 aromatic heterocycles. The maximum absolute atomic E-state index is 13.2. The number of imide groups is 1. The largest absolute Gasteiger partial charge is 0.480 e. The minimum atomic E-state index is -4.63. The molecule has 2 aliphatic rings. The topological polar surface area (TPSA) is 113 Å². The van der Waals surface area contributed by atoms with E-state index < -0.39 is 59.4 Å². The summed E-state index contributed by atoms with van der Waals surface area (Å²) in [6.45, 7) is -0.173. The number of hydrogen-bond donors (Lipinski definition) is 2. The van der Waals surface area contributed by atoms with Crippen molar-refractivity contribution in [3.05, 3.63) is 70.8 Å². The molecule has 2 N–H and O–H groups in total. The van der Waals surface area contributed by atoms with Crippen LogP contribution >= 0.6 is 0 Å². The summed E-state index contributed by atoms with van der Waals surface area (Å²) in [5.41, 5.74) is -0.104. The molecule has 4 atom stereocenters. The third kappa shape index (κ3) is 4.03. The van der Waals surface area contributed by atoms with Crippen LogP contribution in [0.2, 0.25) is 0 Å². The lowest BCUT2D eigenvalue weighted by Crippen LogP contribution is -2.42. The molecule has 0 aliphatic carbocycles. The van der Waals surface area contributed by atoms with E-state index in [0.717, 1.165) is 17.0 Å². The third-order valence-corrected chi connectivity index (χ3v) is 6.12. The molecule has 11 heteroatoms. The fourth-order valence-corrected chi connectivity index (χ4v) is 4.52. The lowest BCUT2D eigenvalue weighted by Gasteiger charge is -2.22. The van der Waals surface area contributed by atoms with E-state index in [2.05, 4.69) is 10.1 Å². The van der Waals surface area contributed by atoms with Crippen LogP contribution in [-0.2, 0) is 31.8 Å². The highest BCUT2D eigenvalue weighted by atomic mass is 19.4. The number of amides is 2. The number of hydrogen-bond acceptors (Lipinski definition) is 6. The van der Waals surface area contributed by atoms with Crippen molar-refractivity contribution in [3.8, 4) is 0 Å². The van der Waals surface area contributed by atoms with Crippen LogP contribution in [0.25, 0.3) is 0 Å². The number of nitrogens with one attached hydrogen (secondary N) is 1. The molecule has 0 radical (unpaired) electrons. The summed E-state index contributed by atoms with van der Waals surface area (Å²) in [5, 5.41) is 12.3. The van der Waals surface area contributed by atoms with E-state index in [-0.39, 0.29) is 17.7 Å². The Morgan fingerprint density at radius 3 is 2.29 bits per heavy atom. The number of aliphatic carboxylic acids is 1. The maximum atomic E-state index is 13.2. The molecule has 0 spiro atoms. The number of carbonyl (C=O) groups excluding carboxylic acids is 3. The number of ether oxygens (including phenoxy) is 1. The number of carboxylic acids is 1. The van der Waals surface area contributed by atoms with Crippen molar-refractivity contribution < 1.29 is 42.2 Å². The lowest BCUT2D eigenvalue weighted by atomic mass is 9.86. The summed E-state index contributed by atoms with van der Waals surface area (Å²) in [6, 6.07) is 7.70. The van der Waals surface area contributed by atoms with Crippen molar-refractivity contribution in [2.45, 2.75) is 24.8 Å². The molecule has 2 heterocycles. The quantitative estimate of drug-likeness (QED) is 0.503. The predicted octanol–water partition coefficient (Wildman–Crippen LogP) is 2.39. The lowest BCUT2D eigenvalue weighted by molar-refractivity contribution is -0.146. The normalized spacial score (nSPS) is 24.3. The van der Waals surface area contributed by atoms with E-state index in [0.29, 0.717) is 5.56 Å². The number of nitrogens with zero attached hydrogens (tertiary/aromatic N) is 1. The van der Waals surface area contributed by atoms with Crippen LogP contribution in [0, 0.1) is 11.8 Å². The van der Waals surface area contributed by atoms with Gasteiger partial charge >= 0.3 is 18.1 Å². The van der Waals surface area contributed by atoms with E-state index in [9.17, 15) is 37.5 Å². The molecular weight excluding hydrogens is 457 g/mol. The average Bonchev–Trinajstić information content (AvgIpc) is 3.31. The van der Waals surface area contributed by atoms with Gasteiger partial charge in [0.2, 0.25) is 11.8 Å². The van der Waals surface area contributed by atoms with Gasteiger partial charge in [0.1, 0.15) is 6.04 Å². The number of esters is 1. The van der Waals surface area contributed by atoms with Crippen LogP contribution in [0.3, 0.4) is 0 Å². The summed E-state index contributed by atoms with van der Waals surface area (Å²) in [7, 11) is 1.23. The number of fused-ring (bicyclic) bond motifs is 1. The number of benzene rings is 2. The highest BCUT2D eigenvalue weighted by Crippen LogP contribution is 2.45. The number of alkyl halides is 3. The molecule has 2 aromatic carbocycles. The van der Waals surface area contributed by atoms with Crippen molar-refractivity contribution in [1.29, 1.82) is 0 Å². The van der Waals surface area contributed by atoms with Crippen molar-refractivity contribution in [2.75, 3.05) is 7.11 Å². The summed E-state index contributed by atoms with van der Waals surface area (Å²) in [4.78, 5) is 50.7. The molecule has 0 saturated carbocycles. The van der Waals surface area contributed by atoms with Crippen LogP contribution in [0.15, 0.2) is 48.5 Å². The minimum Gasteiger partial charge on any atom is -0.480 e. The van der Waals surface area contributed by atoms with Gasteiger partial charge in [-0.3, -0.25) is 24.6 Å². The average molecular weight is 476 g/mol. The van der Waals surface area contributed by atoms with Gasteiger partial charge in [0.05, 0.1) is 36.6 Å². The summed E-state index contributed by atoms with van der Waals surface area (Å²) >= 11 is 0. The smallest absolute Gasteiger partial charge is 0.416 e. The Bertz CT molecular complexity index is 1160. The van der Waals surface area contributed by atoms with Gasteiger partial charge in [-0.05, 0) is 35.4 Å². The maximum Gasteiger partial charge on any atom is 0.416 e. The van der Waals surface area contributed by atoms with Crippen LogP contribution < -0.4 is 5.32 Å². The standard InChI is InChI=1S/C23H19F3N2O6/c1-34-22(33)12-7-5-11(6-8-12)10-28-19(29)15-16(20(28)30)18(21(31)32)27-17(15)13-3-2-4-14(9-13)23(24,25)26/h2-9,15-18,27H,10H2,1H3,(H,31,32). The Labute approximate surface area is 191 Å². The van der Waals surface area contributed by atoms with Gasteiger partial charge < -0.3 is 9.84 Å². The van der Waals surface area contributed by atoms with Crippen molar-refractivity contribution >= 4 is 23.8 Å². The molecule has 178 valence electrons. The number of likely N-dealkylation sites (tertiary alicyclic amines) is 1. The van der Waals surface area contributed by atoms with E-state index in [1.54, 1.807) is 0 Å². The third-order valence-electron chi connectivity index (χ3n) is 6.12. The van der Waals surface area contributed by atoms with E-state index in [4.69, 9.17) is 0 Å². The number of carboxylic acid groups (broad SMARTS) is 1. The first-order valence-corrected chi connectivity index (χ1v) is 10.2. The van der Waals surface area contributed by atoms with Gasteiger partial charge in [-0.1, -0.05) is 24.3 Å². The Balaban J connectivity index is 1.64. The molecule has 2 saturated heterocycles. The molecule has 34 heavy (non-hydrogen) atoms. The van der Waals surface area contributed by atoms with Gasteiger partial charge in [0, 0.05) is 6.04 Å². The number of methoxy groups -OCH3 is 1. The first-order valence-electron chi connectivity index (χ1n) is 10.2. The zero-order valence-electron chi connectivity index (χ0n) is 17.7. The number of carbonyl (C=O) groups is 4. The fourth-order valence-electron chi connectivity index (χ4n) is 4.52. The zero-order valence-corrected chi connectivity index (χ0v) is 17.7. The van der Waals surface area contributed by atoms with Crippen LogP contribution in [-0.4, -0.2) is 46.9 Å². The first-order chi connectivity index (χ1) is 16.0. The Hall–Kier alpha value is -3.73.